The molecule has 1 fully saturated rings. The average molecular weight is 468 g/mol. The first-order valence-electron chi connectivity index (χ1n) is 12.5. The number of aromatic amines is 1. The van der Waals surface area contributed by atoms with Crippen molar-refractivity contribution < 1.29 is 4.79 Å². The van der Waals surface area contributed by atoms with Gasteiger partial charge in [0.2, 0.25) is 0 Å². The van der Waals surface area contributed by atoms with Gasteiger partial charge in [-0.15, -0.1) is 0 Å². The molecule has 1 saturated heterocycles. The number of amides is 1. The van der Waals surface area contributed by atoms with Crippen molar-refractivity contribution in [3.63, 3.8) is 0 Å². The number of rotatable bonds is 6. The number of H-pyrrole nitrogens is 1. The Balaban J connectivity index is 1.40. The highest BCUT2D eigenvalue weighted by molar-refractivity contribution is 5.98. The Hall–Kier alpha value is -3.64. The number of carbonyl (C=O) groups is 1. The van der Waals surface area contributed by atoms with Crippen LogP contribution in [0.5, 0.6) is 0 Å². The normalized spacial score (nSPS) is 14.4. The van der Waals surface area contributed by atoms with E-state index < -0.39 is 0 Å². The maximum Gasteiger partial charge on any atom is 0.253 e. The van der Waals surface area contributed by atoms with Crippen LogP contribution >= 0.6 is 0 Å². The molecule has 5 rings (SSSR count). The predicted octanol–water partition coefficient (Wildman–Crippen LogP) is 5.13. The summed E-state index contributed by atoms with van der Waals surface area (Å²) in [5, 5.41) is 1.08. The molecule has 6 nitrogen and oxygen atoms in total. The molecule has 4 aromatic rings. The van der Waals surface area contributed by atoms with Gasteiger partial charge in [-0.25, -0.2) is 4.98 Å². The van der Waals surface area contributed by atoms with Crippen LogP contribution in [0, 0.1) is 0 Å². The SMILES string of the molecule is CCN(CC)C(=O)c1ccc(-c2c[nH]c3ncc(-c4ccc(N5CCN(C)CC5)cc4)cc23)cc1. The number of hydrogen-bond donors (Lipinski definition) is 1. The molecule has 1 aliphatic rings. The van der Waals surface area contributed by atoms with E-state index in [0.29, 0.717) is 13.1 Å². The van der Waals surface area contributed by atoms with E-state index in [9.17, 15) is 4.79 Å². The number of piperazine rings is 1. The van der Waals surface area contributed by atoms with Gasteiger partial charge >= 0.3 is 0 Å². The molecule has 1 N–H and O–H groups in total. The summed E-state index contributed by atoms with van der Waals surface area (Å²) in [6.07, 6.45) is 3.93. The largest absolute Gasteiger partial charge is 0.369 e. The van der Waals surface area contributed by atoms with E-state index in [2.05, 4.69) is 57.1 Å². The van der Waals surface area contributed by atoms with Crippen LogP contribution in [0.25, 0.3) is 33.3 Å². The van der Waals surface area contributed by atoms with E-state index in [1.165, 1.54) is 5.69 Å². The van der Waals surface area contributed by atoms with E-state index in [1.54, 1.807) is 0 Å². The first-order valence-corrected chi connectivity index (χ1v) is 12.5. The van der Waals surface area contributed by atoms with E-state index in [0.717, 1.165) is 65.0 Å². The smallest absolute Gasteiger partial charge is 0.253 e. The fourth-order valence-corrected chi connectivity index (χ4v) is 4.82. The summed E-state index contributed by atoms with van der Waals surface area (Å²) in [6, 6.07) is 18.9. The van der Waals surface area contributed by atoms with Crippen LogP contribution in [0.15, 0.2) is 67.0 Å². The van der Waals surface area contributed by atoms with Crippen LogP contribution in [0.2, 0.25) is 0 Å². The maximum absolute atomic E-state index is 12.7. The zero-order chi connectivity index (χ0) is 24.4. The Labute approximate surface area is 207 Å². The van der Waals surface area contributed by atoms with Crippen molar-refractivity contribution >= 4 is 22.6 Å². The highest BCUT2D eigenvalue weighted by Crippen LogP contribution is 2.32. The zero-order valence-corrected chi connectivity index (χ0v) is 20.8. The summed E-state index contributed by atoms with van der Waals surface area (Å²) in [6.45, 7) is 9.77. The molecule has 0 atom stereocenters. The van der Waals surface area contributed by atoms with Crippen molar-refractivity contribution in [3.8, 4) is 22.3 Å². The molecule has 180 valence electrons. The molecule has 3 heterocycles. The predicted molar refractivity (Wildman–Crippen MR) is 144 cm³/mol. The third-order valence-electron chi connectivity index (χ3n) is 7.09. The van der Waals surface area contributed by atoms with Crippen LogP contribution in [-0.4, -0.2) is 72.0 Å². The number of likely N-dealkylation sites (N-methyl/N-ethyl adjacent to an activating group) is 1. The molecule has 0 radical (unpaired) electrons. The van der Waals surface area contributed by atoms with Gasteiger partial charge in [0.05, 0.1) is 0 Å². The second-order valence-electron chi connectivity index (χ2n) is 9.21. The fraction of sp³-hybridized carbons (Fsp3) is 0.310. The van der Waals surface area contributed by atoms with Gasteiger partial charge in [0.15, 0.2) is 0 Å². The Kier molecular flexibility index (Phi) is 6.55. The Morgan fingerprint density at radius 2 is 1.57 bits per heavy atom. The summed E-state index contributed by atoms with van der Waals surface area (Å²) in [5.41, 5.74) is 7.26. The van der Waals surface area contributed by atoms with Crippen LogP contribution in [0.1, 0.15) is 24.2 Å². The fourth-order valence-electron chi connectivity index (χ4n) is 4.82. The molecule has 1 aliphatic heterocycles. The molecule has 0 bridgehead atoms. The standard InChI is InChI=1S/C29H33N5O/c1-4-33(5-2)29(35)23-8-6-22(7-9-23)27-20-31-28-26(27)18-24(19-30-28)21-10-12-25(13-11-21)34-16-14-32(3)15-17-34/h6-13,18-20H,4-5,14-17H2,1-3H3,(H,30,31). The lowest BCUT2D eigenvalue weighted by Crippen LogP contribution is -2.44. The number of nitrogens with one attached hydrogen (secondary N) is 1. The molecule has 0 spiro atoms. The lowest BCUT2D eigenvalue weighted by molar-refractivity contribution is 0.0773. The molecule has 2 aromatic heterocycles. The van der Waals surface area contributed by atoms with Crippen molar-refractivity contribution in [2.45, 2.75) is 13.8 Å². The van der Waals surface area contributed by atoms with E-state index in [4.69, 9.17) is 0 Å². The van der Waals surface area contributed by atoms with Gasteiger partial charge in [0.25, 0.3) is 5.91 Å². The number of nitrogens with zero attached hydrogens (tertiary/aromatic N) is 4. The molecule has 35 heavy (non-hydrogen) atoms. The second kappa shape index (κ2) is 9.92. The number of hydrogen-bond acceptors (Lipinski definition) is 4. The van der Waals surface area contributed by atoms with Gasteiger partial charge in [0, 0.05) is 79.4 Å². The minimum Gasteiger partial charge on any atom is -0.369 e. The van der Waals surface area contributed by atoms with Crippen LogP contribution in [0.4, 0.5) is 5.69 Å². The van der Waals surface area contributed by atoms with Gasteiger partial charge in [-0.2, -0.15) is 0 Å². The highest BCUT2D eigenvalue weighted by atomic mass is 16.2. The van der Waals surface area contributed by atoms with Crippen molar-refractivity contribution in [2.24, 2.45) is 0 Å². The third-order valence-corrected chi connectivity index (χ3v) is 7.09. The lowest BCUT2D eigenvalue weighted by atomic mass is 10.0. The van der Waals surface area contributed by atoms with Gasteiger partial charge in [-0.3, -0.25) is 4.79 Å². The van der Waals surface area contributed by atoms with E-state index >= 15 is 0 Å². The topological polar surface area (TPSA) is 55.5 Å². The summed E-state index contributed by atoms with van der Waals surface area (Å²) < 4.78 is 0. The molecule has 0 unspecified atom stereocenters. The van der Waals surface area contributed by atoms with Crippen molar-refractivity contribution in [1.82, 2.24) is 19.8 Å². The number of benzene rings is 2. The van der Waals surface area contributed by atoms with Crippen LogP contribution in [-0.2, 0) is 0 Å². The number of pyridine rings is 1. The van der Waals surface area contributed by atoms with Crippen LogP contribution < -0.4 is 4.90 Å². The molecule has 6 heteroatoms. The number of fused-ring (bicyclic) bond motifs is 1. The summed E-state index contributed by atoms with van der Waals surface area (Å²) in [5.74, 6) is 0.0736. The van der Waals surface area contributed by atoms with Gasteiger partial charge in [-0.1, -0.05) is 24.3 Å². The molecule has 0 saturated carbocycles. The lowest BCUT2D eigenvalue weighted by Gasteiger charge is -2.34. The van der Waals surface area contributed by atoms with Crippen LogP contribution in [0.3, 0.4) is 0 Å². The van der Waals surface area contributed by atoms with Crippen molar-refractivity contribution in [2.75, 3.05) is 51.2 Å². The van der Waals surface area contributed by atoms with Gasteiger partial charge in [-0.05, 0) is 62.4 Å². The minimum absolute atomic E-state index is 0.0736. The number of aromatic nitrogens is 2. The summed E-state index contributed by atoms with van der Waals surface area (Å²) >= 11 is 0. The quantitative estimate of drug-likeness (QED) is 0.427. The molecule has 0 aliphatic carbocycles. The average Bonchev–Trinajstić information content (AvgIpc) is 3.33. The molecular weight excluding hydrogens is 434 g/mol. The number of carbonyl (C=O) groups excluding carboxylic acids is 1. The minimum atomic E-state index is 0.0736. The molecular formula is C29H33N5O. The van der Waals surface area contributed by atoms with Gasteiger partial charge in [0.1, 0.15) is 5.65 Å². The zero-order valence-electron chi connectivity index (χ0n) is 20.8. The Morgan fingerprint density at radius 3 is 2.23 bits per heavy atom. The van der Waals surface area contributed by atoms with Gasteiger partial charge < -0.3 is 19.7 Å². The first-order chi connectivity index (χ1) is 17.1. The molecule has 1 amide bonds. The monoisotopic (exact) mass is 467 g/mol. The first kappa shape index (κ1) is 23.1. The van der Waals surface area contributed by atoms with Crippen molar-refractivity contribution in [3.05, 3.63) is 72.6 Å². The Morgan fingerprint density at radius 1 is 0.914 bits per heavy atom. The third kappa shape index (κ3) is 4.66. The van der Waals surface area contributed by atoms with E-state index in [-0.39, 0.29) is 5.91 Å². The van der Waals surface area contributed by atoms with Crippen molar-refractivity contribution in [1.29, 1.82) is 0 Å². The molecule has 2 aromatic carbocycles. The second-order valence-corrected chi connectivity index (χ2v) is 9.21. The maximum atomic E-state index is 12.7. The number of anilines is 1. The highest BCUT2D eigenvalue weighted by Gasteiger charge is 2.16. The summed E-state index contributed by atoms with van der Waals surface area (Å²) in [4.78, 5) is 27.3. The Bertz CT molecular complexity index is 1300. The summed E-state index contributed by atoms with van der Waals surface area (Å²) in [7, 11) is 2.18. The van der Waals surface area contributed by atoms with E-state index in [1.807, 2.05) is 55.4 Å².